The first-order valence-corrected chi connectivity index (χ1v) is 10.9. The van der Waals surface area contributed by atoms with E-state index in [9.17, 15) is 14.7 Å². The molecule has 5 aromatic rings. The van der Waals surface area contributed by atoms with E-state index < -0.39 is 18.0 Å². The minimum Gasteiger partial charge on any atom is -0.374 e. The van der Waals surface area contributed by atoms with E-state index in [-0.39, 0.29) is 12.2 Å². The first-order chi connectivity index (χ1) is 17.0. The molecule has 0 radical (unpaired) electrons. The predicted molar refractivity (Wildman–Crippen MR) is 130 cm³/mol. The molecule has 3 aromatic heterocycles. The van der Waals surface area contributed by atoms with E-state index in [1.54, 1.807) is 73.1 Å². The summed E-state index contributed by atoms with van der Waals surface area (Å²) < 4.78 is 3.35. The number of hydrogen-bond acceptors (Lipinski definition) is 6. The van der Waals surface area contributed by atoms with Crippen LogP contribution in [0.25, 0.3) is 27.9 Å². The number of halogens is 1. The Morgan fingerprint density at radius 3 is 2.20 bits per heavy atom. The number of benzene rings is 2. The van der Waals surface area contributed by atoms with E-state index in [4.69, 9.17) is 16.9 Å². The normalized spacial score (nSPS) is 11.0. The lowest BCUT2D eigenvalue weighted by Crippen LogP contribution is -2.35. The van der Waals surface area contributed by atoms with Gasteiger partial charge in [-0.15, -0.1) is 5.10 Å². The SMILES string of the molecule is N#Cc1ccc(Cn2c(=O)c(-c3ccc(Cl)cc3)c(-c3ccncc3)c3nn(CO)c(=O)n32)cc1. The second-order valence-corrected chi connectivity index (χ2v) is 8.16. The second-order valence-electron chi connectivity index (χ2n) is 7.72. The fourth-order valence-corrected chi connectivity index (χ4v) is 4.11. The first-order valence-electron chi connectivity index (χ1n) is 10.5. The molecule has 0 bridgehead atoms. The molecule has 0 saturated carbocycles. The fourth-order valence-electron chi connectivity index (χ4n) is 3.98. The van der Waals surface area contributed by atoms with Crippen LogP contribution in [-0.4, -0.2) is 29.1 Å². The molecule has 5 rings (SSSR count). The molecule has 172 valence electrons. The zero-order chi connectivity index (χ0) is 24.5. The van der Waals surface area contributed by atoms with Crippen LogP contribution in [0.1, 0.15) is 11.1 Å². The molecule has 0 spiro atoms. The molecule has 0 aliphatic carbocycles. The Morgan fingerprint density at radius 2 is 1.57 bits per heavy atom. The average molecular weight is 485 g/mol. The molecule has 2 aromatic carbocycles. The summed E-state index contributed by atoms with van der Waals surface area (Å²) in [6.45, 7) is -0.618. The molecule has 1 N–H and O–H groups in total. The van der Waals surface area contributed by atoms with E-state index >= 15 is 0 Å². The molecule has 0 fully saturated rings. The van der Waals surface area contributed by atoms with Crippen LogP contribution in [0.3, 0.4) is 0 Å². The molecular formula is C25H17ClN6O3. The van der Waals surface area contributed by atoms with Crippen molar-refractivity contribution in [1.29, 1.82) is 5.26 Å². The maximum absolute atomic E-state index is 14.0. The summed E-state index contributed by atoms with van der Waals surface area (Å²) in [4.78, 5) is 31.3. The summed E-state index contributed by atoms with van der Waals surface area (Å²) >= 11 is 6.09. The van der Waals surface area contributed by atoms with Gasteiger partial charge < -0.3 is 5.11 Å². The van der Waals surface area contributed by atoms with E-state index in [1.165, 1.54) is 9.20 Å². The third-order valence-electron chi connectivity index (χ3n) is 5.63. The van der Waals surface area contributed by atoms with Crippen molar-refractivity contribution < 1.29 is 5.11 Å². The second kappa shape index (κ2) is 9.02. The summed E-state index contributed by atoms with van der Waals surface area (Å²) in [5.41, 5.74) is 2.27. The van der Waals surface area contributed by atoms with Crippen molar-refractivity contribution in [2.24, 2.45) is 0 Å². The summed E-state index contributed by atoms with van der Waals surface area (Å²) in [5, 5.41) is 23.7. The van der Waals surface area contributed by atoms with Crippen molar-refractivity contribution in [2.75, 3.05) is 0 Å². The van der Waals surface area contributed by atoms with E-state index in [1.807, 2.05) is 0 Å². The van der Waals surface area contributed by atoms with E-state index in [0.717, 1.165) is 4.68 Å². The van der Waals surface area contributed by atoms with Gasteiger partial charge in [0.1, 0.15) is 6.73 Å². The van der Waals surface area contributed by atoms with Crippen LogP contribution in [0.2, 0.25) is 5.02 Å². The minimum absolute atomic E-state index is 0.0370. The number of rotatable bonds is 5. The monoisotopic (exact) mass is 484 g/mol. The van der Waals surface area contributed by atoms with Gasteiger partial charge in [0.2, 0.25) is 0 Å². The predicted octanol–water partition coefficient (Wildman–Crippen LogP) is 2.91. The number of pyridine rings is 1. The molecule has 0 aliphatic heterocycles. The summed E-state index contributed by atoms with van der Waals surface area (Å²) in [6, 6.07) is 19.0. The Hall–Kier alpha value is -4.52. The largest absolute Gasteiger partial charge is 0.374 e. The van der Waals surface area contributed by atoms with Gasteiger partial charge in [-0.05, 0) is 53.1 Å². The Morgan fingerprint density at radius 1 is 0.914 bits per heavy atom. The van der Waals surface area contributed by atoms with Gasteiger partial charge in [0.25, 0.3) is 5.56 Å². The van der Waals surface area contributed by atoms with Crippen LogP contribution in [0.5, 0.6) is 0 Å². The number of nitrogens with zero attached hydrogens (tertiary/aromatic N) is 6. The molecule has 0 amide bonds. The van der Waals surface area contributed by atoms with Crippen molar-refractivity contribution in [3.63, 3.8) is 0 Å². The summed E-state index contributed by atoms with van der Waals surface area (Å²) in [7, 11) is 0. The number of hydrogen-bond donors (Lipinski definition) is 1. The Balaban J connectivity index is 1.89. The van der Waals surface area contributed by atoms with E-state index in [2.05, 4.69) is 16.2 Å². The highest BCUT2D eigenvalue weighted by Crippen LogP contribution is 2.32. The molecule has 0 atom stereocenters. The fraction of sp³-hybridized carbons (Fsp3) is 0.0800. The van der Waals surface area contributed by atoms with Gasteiger partial charge in [0, 0.05) is 23.0 Å². The quantitative estimate of drug-likeness (QED) is 0.410. The number of aliphatic hydroxyl groups excluding tert-OH is 1. The van der Waals surface area contributed by atoms with Gasteiger partial charge in [-0.25, -0.2) is 9.48 Å². The van der Waals surface area contributed by atoms with Crippen LogP contribution in [0.15, 0.2) is 82.6 Å². The lowest BCUT2D eigenvalue weighted by molar-refractivity contribution is 0.190. The first kappa shape index (κ1) is 22.3. The topological polar surface area (TPSA) is 118 Å². The van der Waals surface area contributed by atoms with Crippen molar-refractivity contribution in [3.05, 3.63) is 110 Å². The number of aliphatic hydroxyl groups is 1. The third kappa shape index (κ3) is 3.91. The van der Waals surface area contributed by atoms with Crippen molar-refractivity contribution >= 4 is 17.2 Å². The van der Waals surface area contributed by atoms with Gasteiger partial charge in [0.05, 0.1) is 23.7 Å². The Labute approximate surface area is 203 Å². The van der Waals surface area contributed by atoms with Crippen molar-refractivity contribution in [3.8, 4) is 28.3 Å². The molecule has 3 heterocycles. The van der Waals surface area contributed by atoms with Crippen molar-refractivity contribution in [1.82, 2.24) is 24.0 Å². The number of fused-ring (bicyclic) bond motifs is 1. The lowest BCUT2D eigenvalue weighted by Gasteiger charge is -2.16. The standard InChI is InChI=1S/C25H17ClN6O3/c26-20-7-5-18(6-8-20)22-21(19-9-11-28-12-10-19)23-29-30(15-33)25(35)32(23)31(24(22)34)14-17-3-1-16(13-27)2-4-17/h1-12,33H,14-15H2. The third-order valence-corrected chi connectivity index (χ3v) is 5.88. The van der Waals surface area contributed by atoms with Crippen molar-refractivity contribution in [2.45, 2.75) is 13.3 Å². The van der Waals surface area contributed by atoms with Crippen LogP contribution >= 0.6 is 11.6 Å². The van der Waals surface area contributed by atoms with Gasteiger partial charge in [-0.3, -0.25) is 9.78 Å². The summed E-state index contributed by atoms with van der Waals surface area (Å²) in [6.07, 6.45) is 3.17. The number of nitriles is 1. The molecule has 0 unspecified atom stereocenters. The average Bonchev–Trinajstić information content (AvgIpc) is 3.22. The molecule has 10 heteroatoms. The molecule has 35 heavy (non-hydrogen) atoms. The van der Waals surface area contributed by atoms with Crippen LogP contribution in [0.4, 0.5) is 0 Å². The molecule has 9 nitrogen and oxygen atoms in total. The summed E-state index contributed by atoms with van der Waals surface area (Å²) in [5.74, 6) is 0. The van der Waals surface area contributed by atoms with Crippen LogP contribution in [0, 0.1) is 11.3 Å². The molecule has 0 saturated heterocycles. The zero-order valence-electron chi connectivity index (χ0n) is 18.2. The highest BCUT2D eigenvalue weighted by Gasteiger charge is 2.24. The zero-order valence-corrected chi connectivity index (χ0v) is 18.9. The highest BCUT2D eigenvalue weighted by atomic mass is 35.5. The lowest BCUT2D eigenvalue weighted by atomic mass is 9.97. The van der Waals surface area contributed by atoms with E-state index in [0.29, 0.717) is 38.4 Å². The maximum atomic E-state index is 14.0. The van der Waals surface area contributed by atoms with Gasteiger partial charge in [0.15, 0.2) is 5.65 Å². The molecule has 0 aliphatic rings. The van der Waals surface area contributed by atoms with Crippen LogP contribution in [-0.2, 0) is 13.3 Å². The van der Waals surface area contributed by atoms with Crippen LogP contribution < -0.4 is 11.2 Å². The smallest absolute Gasteiger partial charge is 0.367 e. The highest BCUT2D eigenvalue weighted by molar-refractivity contribution is 6.30. The maximum Gasteiger partial charge on any atom is 0.367 e. The van der Waals surface area contributed by atoms with Gasteiger partial charge in [-0.1, -0.05) is 35.9 Å². The molecular weight excluding hydrogens is 468 g/mol. The number of aromatic nitrogens is 5. The Bertz CT molecular complexity index is 1700. The van der Waals surface area contributed by atoms with Gasteiger partial charge in [-0.2, -0.15) is 14.5 Å². The minimum atomic E-state index is -0.661. The Kier molecular flexibility index (Phi) is 5.74. The van der Waals surface area contributed by atoms with Gasteiger partial charge >= 0.3 is 5.69 Å².